The summed E-state index contributed by atoms with van der Waals surface area (Å²) >= 11 is 0. The number of ether oxygens (including phenoxy) is 2. The Bertz CT molecular complexity index is 1360. The van der Waals surface area contributed by atoms with Crippen LogP contribution in [0.3, 0.4) is 0 Å². The largest absolute Gasteiger partial charge is 0.505 e. The number of nitrogens with one attached hydrogen (secondary N) is 1. The van der Waals surface area contributed by atoms with Gasteiger partial charge in [-0.1, -0.05) is 48.5 Å². The number of hydrogen-bond donors (Lipinski definition) is 6. The van der Waals surface area contributed by atoms with Crippen LogP contribution < -0.4 is 21.5 Å². The number of amides is 2. The number of carbonyl (C=O) groups excluding carboxylic acids is 3. The molecule has 3 aromatic carbocycles. The second kappa shape index (κ2) is 12.5. The summed E-state index contributed by atoms with van der Waals surface area (Å²) in [5, 5.41) is 32.9. The van der Waals surface area contributed by atoms with E-state index in [0.717, 1.165) is 22.3 Å². The van der Waals surface area contributed by atoms with Crippen LogP contribution in [-0.2, 0) is 9.53 Å². The quantitative estimate of drug-likeness (QED) is 0.0901. The number of phenols is 1. The van der Waals surface area contributed by atoms with Crippen molar-refractivity contribution in [1.29, 1.82) is 0 Å². The molecule has 0 spiro atoms. The highest BCUT2D eigenvalue weighted by atomic mass is 16.5. The van der Waals surface area contributed by atoms with E-state index in [9.17, 15) is 29.7 Å². The molecule has 8 N–H and O–H groups in total. The van der Waals surface area contributed by atoms with E-state index in [4.69, 9.17) is 20.9 Å². The molecule has 0 saturated carbocycles. The summed E-state index contributed by atoms with van der Waals surface area (Å²) in [5.41, 5.74) is 14.6. The normalized spacial score (nSPS) is 13.6. The van der Waals surface area contributed by atoms with Crippen molar-refractivity contribution in [1.82, 2.24) is 5.32 Å². The van der Waals surface area contributed by atoms with E-state index in [0.29, 0.717) is 0 Å². The van der Waals surface area contributed by atoms with Gasteiger partial charge in [0.1, 0.15) is 17.9 Å². The van der Waals surface area contributed by atoms with Gasteiger partial charge in [0, 0.05) is 18.9 Å². The summed E-state index contributed by atoms with van der Waals surface area (Å²) in [4.78, 5) is 36.1. The zero-order valence-corrected chi connectivity index (χ0v) is 21.6. The number of rotatable bonds is 11. The van der Waals surface area contributed by atoms with Gasteiger partial charge in [-0.05, 0) is 47.2 Å². The molecule has 11 nitrogen and oxygen atoms in total. The molecule has 1 aliphatic carbocycles. The number of nitrogens with two attached hydrogens (primary N) is 2. The Morgan fingerprint density at radius 3 is 2.12 bits per heavy atom. The van der Waals surface area contributed by atoms with Gasteiger partial charge in [0.2, 0.25) is 0 Å². The van der Waals surface area contributed by atoms with Crippen molar-refractivity contribution in [2.24, 2.45) is 5.73 Å². The standard InChI is InChI=1S/C29H31N3O8/c30-21-9-11-24(26(27(21)36)28(31)37)40-25(35)12-10-22(33)23(34)13-14-32-29(38)39-15-20-18-7-3-1-5-16(18)17-6-2-4-8-19(17)20/h1-9,11,20,22-23,33-34,36H,10,12-15,30H2,(H2,31,37)(H,32,38). The summed E-state index contributed by atoms with van der Waals surface area (Å²) in [6.45, 7) is 0.183. The average Bonchev–Trinajstić information content (AvgIpc) is 3.26. The first kappa shape index (κ1) is 28.4. The number of hydrogen-bond acceptors (Lipinski definition) is 9. The molecule has 4 rings (SSSR count). The van der Waals surface area contributed by atoms with Crippen LogP contribution in [0.4, 0.5) is 10.5 Å². The van der Waals surface area contributed by atoms with E-state index in [1.54, 1.807) is 0 Å². The van der Waals surface area contributed by atoms with E-state index in [1.807, 2.05) is 48.5 Å². The number of fused-ring (bicyclic) bond motifs is 3. The summed E-state index contributed by atoms with van der Waals surface area (Å²) < 4.78 is 10.5. The third-order valence-corrected chi connectivity index (χ3v) is 6.78. The fourth-order valence-electron chi connectivity index (χ4n) is 4.71. The Morgan fingerprint density at radius 1 is 0.900 bits per heavy atom. The Kier molecular flexibility index (Phi) is 8.87. The van der Waals surface area contributed by atoms with Crippen LogP contribution in [0.1, 0.15) is 46.7 Å². The van der Waals surface area contributed by atoms with Crippen LogP contribution in [0.15, 0.2) is 60.7 Å². The van der Waals surface area contributed by atoms with E-state index in [1.165, 1.54) is 12.1 Å². The SMILES string of the molecule is NC(=O)c1c(OC(=O)CCC(O)C(O)CCNC(=O)OCC2c3ccccc3-c3ccccc32)ccc(N)c1O. The van der Waals surface area contributed by atoms with Crippen LogP contribution >= 0.6 is 0 Å². The lowest BCUT2D eigenvalue weighted by molar-refractivity contribution is -0.135. The van der Waals surface area contributed by atoms with Crippen molar-refractivity contribution < 1.29 is 39.2 Å². The van der Waals surface area contributed by atoms with Gasteiger partial charge in [-0.25, -0.2) is 4.79 Å². The minimum absolute atomic E-state index is 0.0120. The topological polar surface area (TPSA) is 194 Å². The highest BCUT2D eigenvalue weighted by Crippen LogP contribution is 2.44. The zero-order valence-electron chi connectivity index (χ0n) is 21.6. The van der Waals surface area contributed by atoms with Crippen molar-refractivity contribution in [3.05, 3.63) is 77.4 Å². The molecular formula is C29H31N3O8. The predicted octanol–water partition coefficient (Wildman–Crippen LogP) is 2.41. The fourth-order valence-corrected chi connectivity index (χ4v) is 4.71. The molecule has 210 valence electrons. The maximum atomic E-state index is 12.3. The number of aliphatic hydroxyl groups is 2. The van der Waals surface area contributed by atoms with Gasteiger partial charge in [-0.2, -0.15) is 0 Å². The van der Waals surface area contributed by atoms with Crippen LogP contribution in [0.5, 0.6) is 11.5 Å². The first-order valence-electron chi connectivity index (χ1n) is 12.7. The number of anilines is 1. The third-order valence-electron chi connectivity index (χ3n) is 6.78. The van der Waals surface area contributed by atoms with Crippen LogP contribution in [0, 0.1) is 0 Å². The van der Waals surface area contributed by atoms with Crippen molar-refractivity contribution in [3.63, 3.8) is 0 Å². The lowest BCUT2D eigenvalue weighted by Crippen LogP contribution is -2.33. The summed E-state index contributed by atoms with van der Waals surface area (Å²) in [6.07, 6.45) is -3.61. The molecular weight excluding hydrogens is 518 g/mol. The summed E-state index contributed by atoms with van der Waals surface area (Å²) in [5.74, 6) is -2.81. The predicted molar refractivity (Wildman–Crippen MR) is 146 cm³/mol. The highest BCUT2D eigenvalue weighted by Gasteiger charge is 2.29. The van der Waals surface area contributed by atoms with E-state index < -0.39 is 41.5 Å². The Balaban J connectivity index is 1.19. The molecule has 1 aliphatic rings. The molecule has 0 aliphatic heterocycles. The first-order valence-corrected chi connectivity index (χ1v) is 12.7. The van der Waals surface area contributed by atoms with Crippen LogP contribution in [0.2, 0.25) is 0 Å². The lowest BCUT2D eigenvalue weighted by atomic mass is 9.98. The maximum absolute atomic E-state index is 12.3. The van der Waals surface area contributed by atoms with Crippen molar-refractivity contribution in [3.8, 4) is 22.6 Å². The average molecular weight is 550 g/mol. The fraction of sp³-hybridized carbons (Fsp3) is 0.276. The maximum Gasteiger partial charge on any atom is 0.407 e. The first-order chi connectivity index (χ1) is 19.2. The Labute approximate surface area is 230 Å². The third kappa shape index (κ3) is 6.33. The second-order valence-electron chi connectivity index (χ2n) is 9.43. The minimum atomic E-state index is -1.28. The van der Waals surface area contributed by atoms with Gasteiger partial charge in [0.15, 0.2) is 5.75 Å². The van der Waals surface area contributed by atoms with Gasteiger partial charge < -0.3 is 41.6 Å². The molecule has 3 aromatic rings. The molecule has 0 fully saturated rings. The Hall–Kier alpha value is -4.61. The van der Waals surface area contributed by atoms with Crippen LogP contribution in [-0.4, -0.2) is 58.6 Å². The zero-order chi connectivity index (χ0) is 28.8. The number of carbonyl (C=O) groups is 3. The van der Waals surface area contributed by atoms with E-state index in [2.05, 4.69) is 5.32 Å². The van der Waals surface area contributed by atoms with Crippen molar-refractivity contribution >= 4 is 23.7 Å². The van der Waals surface area contributed by atoms with Crippen LogP contribution in [0.25, 0.3) is 11.1 Å². The molecule has 2 amide bonds. The van der Waals surface area contributed by atoms with Crippen molar-refractivity contribution in [2.75, 3.05) is 18.9 Å². The lowest BCUT2D eigenvalue weighted by Gasteiger charge is -2.18. The molecule has 0 aromatic heterocycles. The minimum Gasteiger partial charge on any atom is -0.505 e. The van der Waals surface area contributed by atoms with Gasteiger partial charge in [0.25, 0.3) is 5.91 Å². The molecule has 0 bridgehead atoms. The monoisotopic (exact) mass is 549 g/mol. The summed E-state index contributed by atoms with van der Waals surface area (Å²) in [6, 6.07) is 18.4. The highest BCUT2D eigenvalue weighted by molar-refractivity contribution is 6.00. The molecule has 0 saturated heterocycles. The second-order valence-corrected chi connectivity index (χ2v) is 9.43. The number of benzene rings is 3. The number of esters is 1. The van der Waals surface area contributed by atoms with Gasteiger partial charge in [-0.3, -0.25) is 9.59 Å². The number of alkyl carbamates (subject to hydrolysis) is 1. The van der Waals surface area contributed by atoms with Gasteiger partial charge in [0.05, 0.1) is 17.9 Å². The number of primary amides is 1. The smallest absolute Gasteiger partial charge is 0.407 e. The molecule has 2 unspecified atom stereocenters. The van der Waals surface area contributed by atoms with E-state index >= 15 is 0 Å². The van der Waals surface area contributed by atoms with Crippen molar-refractivity contribution in [2.45, 2.75) is 37.4 Å². The Morgan fingerprint density at radius 2 is 1.50 bits per heavy atom. The molecule has 0 radical (unpaired) electrons. The molecule has 2 atom stereocenters. The van der Waals surface area contributed by atoms with E-state index in [-0.39, 0.29) is 49.8 Å². The number of aliphatic hydroxyl groups excluding tert-OH is 2. The van der Waals surface area contributed by atoms with Gasteiger partial charge in [-0.15, -0.1) is 0 Å². The molecule has 40 heavy (non-hydrogen) atoms. The number of aromatic hydroxyl groups is 1. The molecule has 11 heteroatoms. The van der Waals surface area contributed by atoms with Gasteiger partial charge >= 0.3 is 12.1 Å². The summed E-state index contributed by atoms with van der Waals surface area (Å²) in [7, 11) is 0. The number of nitrogen functional groups attached to an aromatic ring is 1. The molecule has 0 heterocycles.